The maximum atomic E-state index is 13.0. The van der Waals surface area contributed by atoms with Crippen molar-refractivity contribution in [3.8, 4) is 0 Å². The number of ether oxygens (including phenoxy) is 1. The van der Waals surface area contributed by atoms with Crippen LogP contribution >= 0.6 is 11.8 Å². The summed E-state index contributed by atoms with van der Waals surface area (Å²) in [5.41, 5.74) is 1.74. The molecule has 168 valence electrons. The molecule has 0 spiro atoms. The Morgan fingerprint density at radius 1 is 1.06 bits per heavy atom. The molecular formula is C25H22N2O5S. The van der Waals surface area contributed by atoms with E-state index in [4.69, 9.17) is 4.74 Å². The van der Waals surface area contributed by atoms with E-state index in [0.29, 0.717) is 11.4 Å². The molecule has 0 N–H and O–H groups in total. The highest BCUT2D eigenvalue weighted by atomic mass is 32.2. The Kier molecular flexibility index (Phi) is 6.74. The summed E-state index contributed by atoms with van der Waals surface area (Å²) in [6.45, 7) is 2.07. The van der Waals surface area contributed by atoms with Crippen molar-refractivity contribution in [2.45, 2.75) is 35.7 Å². The average Bonchev–Trinajstić information content (AvgIpc) is 2.83. The normalized spacial score (nSPS) is 13.7. The summed E-state index contributed by atoms with van der Waals surface area (Å²) in [5, 5.41) is 11.6. The number of amides is 1. The van der Waals surface area contributed by atoms with Gasteiger partial charge in [0, 0.05) is 23.2 Å². The lowest BCUT2D eigenvalue weighted by atomic mass is 10.0. The van der Waals surface area contributed by atoms with E-state index in [-0.39, 0.29) is 17.2 Å². The molecule has 0 saturated carbocycles. The predicted molar refractivity (Wildman–Crippen MR) is 126 cm³/mol. The molecule has 33 heavy (non-hydrogen) atoms. The van der Waals surface area contributed by atoms with Gasteiger partial charge in [0.25, 0.3) is 11.6 Å². The van der Waals surface area contributed by atoms with E-state index in [1.165, 1.54) is 36.9 Å². The van der Waals surface area contributed by atoms with Crippen molar-refractivity contribution in [1.29, 1.82) is 0 Å². The van der Waals surface area contributed by atoms with Crippen LogP contribution in [0.5, 0.6) is 0 Å². The van der Waals surface area contributed by atoms with E-state index in [0.717, 1.165) is 29.0 Å². The SMILES string of the molecule is C[C@@H](OC(=O)c1ccc(Sc2ccccc2)c([N+](=O)[O-])c1)C(=O)N1CCCc2ccccc21. The smallest absolute Gasteiger partial charge is 0.339 e. The third-order valence-corrected chi connectivity index (χ3v) is 6.44. The number of rotatable bonds is 6. The largest absolute Gasteiger partial charge is 0.449 e. The van der Waals surface area contributed by atoms with Crippen LogP contribution in [-0.2, 0) is 16.0 Å². The van der Waals surface area contributed by atoms with Gasteiger partial charge in [-0.25, -0.2) is 4.79 Å². The van der Waals surface area contributed by atoms with Crippen molar-refractivity contribution < 1.29 is 19.2 Å². The molecule has 0 aliphatic carbocycles. The number of carbonyl (C=O) groups is 2. The van der Waals surface area contributed by atoms with Gasteiger partial charge in [-0.05, 0) is 55.7 Å². The second-order valence-corrected chi connectivity index (χ2v) is 8.74. The molecule has 4 rings (SSSR count). The van der Waals surface area contributed by atoms with Gasteiger partial charge in [0.2, 0.25) is 0 Å². The molecule has 0 aromatic heterocycles. The monoisotopic (exact) mass is 462 g/mol. The Balaban J connectivity index is 1.49. The molecule has 1 atom stereocenters. The summed E-state index contributed by atoms with van der Waals surface area (Å²) < 4.78 is 5.40. The van der Waals surface area contributed by atoms with Gasteiger partial charge in [0.15, 0.2) is 6.10 Å². The minimum atomic E-state index is -1.03. The summed E-state index contributed by atoms with van der Waals surface area (Å²) >= 11 is 1.24. The highest BCUT2D eigenvalue weighted by molar-refractivity contribution is 7.99. The second-order valence-electron chi connectivity index (χ2n) is 7.62. The number of hydrogen-bond donors (Lipinski definition) is 0. The van der Waals surface area contributed by atoms with Gasteiger partial charge in [-0.15, -0.1) is 0 Å². The maximum absolute atomic E-state index is 13.0. The number of nitrogens with zero attached hydrogens (tertiary/aromatic N) is 2. The predicted octanol–water partition coefficient (Wildman–Crippen LogP) is 5.27. The molecule has 3 aromatic rings. The van der Waals surface area contributed by atoms with Crippen molar-refractivity contribution in [3.05, 3.63) is 94.0 Å². The van der Waals surface area contributed by atoms with Crippen LogP contribution in [0.25, 0.3) is 0 Å². The number of nitro benzene ring substituents is 1. The Labute approximate surface area is 195 Å². The number of hydrogen-bond acceptors (Lipinski definition) is 6. The van der Waals surface area contributed by atoms with Crippen LogP contribution in [0.15, 0.2) is 82.6 Å². The number of fused-ring (bicyclic) bond motifs is 1. The van der Waals surface area contributed by atoms with Crippen molar-refractivity contribution >= 4 is 35.0 Å². The lowest BCUT2D eigenvalue weighted by Gasteiger charge is -2.31. The topological polar surface area (TPSA) is 89.7 Å². The summed E-state index contributed by atoms with van der Waals surface area (Å²) in [5.74, 6) is -1.10. The Hall–Kier alpha value is -3.65. The number of anilines is 1. The number of para-hydroxylation sites is 1. The lowest BCUT2D eigenvalue weighted by Crippen LogP contribution is -2.42. The lowest BCUT2D eigenvalue weighted by molar-refractivity contribution is -0.387. The minimum Gasteiger partial charge on any atom is -0.449 e. The minimum absolute atomic E-state index is 0.0257. The van der Waals surface area contributed by atoms with E-state index in [9.17, 15) is 19.7 Å². The number of aryl methyl sites for hydroxylation is 1. The van der Waals surface area contributed by atoms with Crippen molar-refractivity contribution in [3.63, 3.8) is 0 Å². The molecule has 0 unspecified atom stereocenters. The van der Waals surface area contributed by atoms with Gasteiger partial charge in [-0.3, -0.25) is 14.9 Å². The fourth-order valence-corrected chi connectivity index (χ4v) is 4.67. The highest BCUT2D eigenvalue weighted by Crippen LogP contribution is 2.35. The number of benzene rings is 3. The van der Waals surface area contributed by atoms with Crippen LogP contribution in [0.3, 0.4) is 0 Å². The molecule has 3 aromatic carbocycles. The van der Waals surface area contributed by atoms with Crippen molar-refractivity contribution in [2.75, 3.05) is 11.4 Å². The van der Waals surface area contributed by atoms with Gasteiger partial charge in [-0.2, -0.15) is 0 Å². The molecule has 8 heteroatoms. The second kappa shape index (κ2) is 9.87. The maximum Gasteiger partial charge on any atom is 0.339 e. The van der Waals surface area contributed by atoms with Crippen molar-refractivity contribution in [1.82, 2.24) is 0 Å². The molecule has 1 aliphatic heterocycles. The molecule has 1 amide bonds. The molecule has 0 radical (unpaired) electrons. The summed E-state index contributed by atoms with van der Waals surface area (Å²) in [6, 6.07) is 21.1. The van der Waals surface area contributed by atoms with Crippen LogP contribution in [0.1, 0.15) is 29.3 Å². The Bertz CT molecular complexity index is 1200. The summed E-state index contributed by atoms with van der Waals surface area (Å²) in [7, 11) is 0. The van der Waals surface area contributed by atoms with E-state index in [1.54, 1.807) is 4.90 Å². The number of nitro groups is 1. The van der Waals surface area contributed by atoms with Crippen LogP contribution in [-0.4, -0.2) is 29.4 Å². The van der Waals surface area contributed by atoms with E-state index in [2.05, 4.69) is 0 Å². The van der Waals surface area contributed by atoms with E-state index >= 15 is 0 Å². The van der Waals surface area contributed by atoms with Crippen LogP contribution in [0.4, 0.5) is 11.4 Å². The fourth-order valence-electron chi connectivity index (χ4n) is 3.75. The van der Waals surface area contributed by atoms with Crippen LogP contribution < -0.4 is 4.90 Å². The third kappa shape index (κ3) is 5.06. The first-order chi connectivity index (χ1) is 15.9. The molecule has 1 aliphatic rings. The number of carbonyl (C=O) groups excluding carboxylic acids is 2. The van der Waals surface area contributed by atoms with Gasteiger partial charge < -0.3 is 9.64 Å². The quantitative estimate of drug-likeness (QED) is 0.282. The van der Waals surface area contributed by atoms with Crippen molar-refractivity contribution in [2.24, 2.45) is 0 Å². The average molecular weight is 463 g/mol. The Morgan fingerprint density at radius 2 is 1.79 bits per heavy atom. The highest BCUT2D eigenvalue weighted by Gasteiger charge is 2.29. The summed E-state index contributed by atoms with van der Waals surface area (Å²) in [6.07, 6.45) is 0.697. The van der Waals surface area contributed by atoms with Gasteiger partial charge in [0.1, 0.15) is 0 Å². The van der Waals surface area contributed by atoms with Gasteiger partial charge in [-0.1, -0.05) is 48.2 Å². The molecule has 1 heterocycles. The molecular weight excluding hydrogens is 440 g/mol. The summed E-state index contributed by atoms with van der Waals surface area (Å²) in [4.78, 5) is 39.7. The van der Waals surface area contributed by atoms with E-state index < -0.39 is 17.0 Å². The number of esters is 1. The first kappa shape index (κ1) is 22.5. The van der Waals surface area contributed by atoms with Gasteiger partial charge in [0.05, 0.1) is 15.4 Å². The molecule has 0 bridgehead atoms. The first-order valence-electron chi connectivity index (χ1n) is 10.6. The van der Waals surface area contributed by atoms with Gasteiger partial charge >= 0.3 is 5.97 Å². The standard InChI is InChI=1S/C25H22N2O5S/c1-17(24(28)26-15-7-9-18-8-5-6-12-21(18)26)32-25(29)19-13-14-23(22(16-19)27(30)31)33-20-10-3-2-4-11-20/h2-6,8,10-14,16-17H,7,9,15H2,1H3/t17-/m1/s1. The zero-order valence-corrected chi connectivity index (χ0v) is 18.8. The molecule has 0 saturated heterocycles. The molecule has 0 fully saturated rings. The van der Waals surface area contributed by atoms with E-state index in [1.807, 2.05) is 54.6 Å². The third-order valence-electron chi connectivity index (χ3n) is 5.37. The van der Waals surface area contributed by atoms with Crippen LogP contribution in [0.2, 0.25) is 0 Å². The first-order valence-corrected chi connectivity index (χ1v) is 11.4. The Morgan fingerprint density at radius 3 is 2.55 bits per heavy atom. The molecule has 7 nitrogen and oxygen atoms in total. The zero-order valence-electron chi connectivity index (χ0n) is 18.0. The zero-order chi connectivity index (χ0) is 23.4. The fraction of sp³-hybridized carbons (Fsp3) is 0.200. The van der Waals surface area contributed by atoms with Crippen LogP contribution in [0, 0.1) is 10.1 Å².